The highest BCUT2D eigenvalue weighted by molar-refractivity contribution is 8.01. The van der Waals surface area contributed by atoms with Crippen molar-refractivity contribution in [2.45, 2.75) is 51.7 Å². The number of hydrogen-bond acceptors (Lipinski definition) is 7. The minimum Gasteiger partial charge on any atom is -0.397 e. The summed E-state index contributed by atoms with van der Waals surface area (Å²) in [5.41, 5.74) is 10.4. The summed E-state index contributed by atoms with van der Waals surface area (Å²) in [5, 5.41) is 3.92. The van der Waals surface area contributed by atoms with Gasteiger partial charge in [-0.3, -0.25) is 4.98 Å². The van der Waals surface area contributed by atoms with E-state index < -0.39 is 0 Å². The summed E-state index contributed by atoms with van der Waals surface area (Å²) in [6.07, 6.45) is 7.84. The Hall–Kier alpha value is -1.96. The lowest BCUT2D eigenvalue weighted by Crippen LogP contribution is -1.91. The Morgan fingerprint density at radius 2 is 1.93 bits per heavy atom. The summed E-state index contributed by atoms with van der Waals surface area (Å²) in [4.78, 5) is 14.5. The number of thiazole rings is 1. The summed E-state index contributed by atoms with van der Waals surface area (Å²) in [7, 11) is 0. The lowest BCUT2D eigenvalue weighted by Gasteiger charge is -2.07. The van der Waals surface area contributed by atoms with Crippen molar-refractivity contribution < 1.29 is 0 Å². The Balaban J connectivity index is 0.000000757. The monoisotopic (exact) mass is 458 g/mol. The zero-order chi connectivity index (χ0) is 21.9. The molecule has 4 heterocycles. The predicted octanol–water partition coefficient (Wildman–Crippen LogP) is 8.01. The highest BCUT2D eigenvalue weighted by atomic mass is 32.2. The molecule has 0 aliphatic rings. The first-order chi connectivity index (χ1) is 14.8. The summed E-state index contributed by atoms with van der Waals surface area (Å²) >= 11 is 5.10. The molecular weight excluding hydrogens is 428 g/mol. The zero-order valence-corrected chi connectivity index (χ0v) is 20.8. The SMILES string of the molecule is CC.CC.CCCCSc1sc2nc(-c3nccs3)cc(-c3cccnc3)c2c1N. The number of thiophene rings is 1. The predicted molar refractivity (Wildman–Crippen MR) is 137 cm³/mol. The lowest BCUT2D eigenvalue weighted by atomic mass is 10.0. The number of aromatic nitrogens is 3. The standard InChI is InChI=1S/C19H18N4S3.2C2H6/c1-2-3-8-25-19-16(20)15-13(12-5-4-6-21-11-12)10-14(23-18(15)26-19)17-22-7-9-24-17;2*1-2/h4-7,9-11H,2-3,8,20H2,1H3;2*1-2H3. The fourth-order valence-corrected chi connectivity index (χ4v) is 5.78. The second-order valence-electron chi connectivity index (χ2n) is 5.82. The van der Waals surface area contributed by atoms with Crippen molar-refractivity contribution >= 4 is 50.3 Å². The number of nitrogens with zero attached hydrogens (tertiary/aromatic N) is 3. The number of hydrogen-bond donors (Lipinski definition) is 1. The van der Waals surface area contributed by atoms with Gasteiger partial charge in [-0.25, -0.2) is 9.97 Å². The Labute approximate surface area is 192 Å². The molecule has 4 aromatic rings. The van der Waals surface area contributed by atoms with Gasteiger partial charge in [-0.2, -0.15) is 0 Å². The molecule has 0 aliphatic carbocycles. The molecule has 0 amide bonds. The first-order valence-corrected chi connectivity index (χ1v) is 13.1. The van der Waals surface area contributed by atoms with E-state index in [1.807, 2.05) is 63.3 Å². The molecule has 30 heavy (non-hydrogen) atoms. The van der Waals surface area contributed by atoms with Crippen LogP contribution in [-0.2, 0) is 0 Å². The Kier molecular flexibility index (Phi) is 10.3. The molecule has 4 nitrogen and oxygen atoms in total. The molecule has 0 bridgehead atoms. The van der Waals surface area contributed by atoms with E-state index in [1.54, 1.807) is 28.9 Å². The molecule has 0 aliphatic heterocycles. The average Bonchev–Trinajstić information content (AvgIpc) is 3.46. The van der Waals surface area contributed by atoms with E-state index >= 15 is 0 Å². The molecule has 160 valence electrons. The molecular formula is C23H30N4S3. The van der Waals surface area contributed by atoms with Gasteiger partial charge in [-0.1, -0.05) is 47.1 Å². The van der Waals surface area contributed by atoms with Gasteiger partial charge in [0.2, 0.25) is 0 Å². The number of pyridine rings is 2. The summed E-state index contributed by atoms with van der Waals surface area (Å²) in [6.45, 7) is 10.2. The van der Waals surface area contributed by atoms with Crippen molar-refractivity contribution in [3.05, 3.63) is 42.2 Å². The van der Waals surface area contributed by atoms with Crippen molar-refractivity contribution in [1.82, 2.24) is 15.0 Å². The van der Waals surface area contributed by atoms with Gasteiger partial charge in [0.15, 0.2) is 0 Å². The average molecular weight is 459 g/mol. The van der Waals surface area contributed by atoms with Crippen LogP contribution in [0.2, 0.25) is 0 Å². The second kappa shape index (κ2) is 12.7. The van der Waals surface area contributed by atoms with E-state index in [0.717, 1.165) is 47.7 Å². The number of fused-ring (bicyclic) bond motifs is 1. The Morgan fingerprint density at radius 3 is 2.57 bits per heavy atom. The number of nitrogens with two attached hydrogens (primary N) is 1. The van der Waals surface area contributed by atoms with E-state index in [-0.39, 0.29) is 0 Å². The molecule has 0 saturated heterocycles. The molecule has 0 aromatic carbocycles. The summed E-state index contributed by atoms with van der Waals surface area (Å²) in [5.74, 6) is 1.08. The fraction of sp³-hybridized carbons (Fsp3) is 0.348. The fourth-order valence-electron chi connectivity index (χ4n) is 2.73. The van der Waals surface area contributed by atoms with Crippen molar-refractivity contribution in [2.24, 2.45) is 0 Å². The number of anilines is 1. The molecule has 2 N–H and O–H groups in total. The topological polar surface area (TPSA) is 64.7 Å². The van der Waals surface area contributed by atoms with Crippen LogP contribution >= 0.6 is 34.4 Å². The second-order valence-corrected chi connectivity index (χ2v) is 9.08. The first-order valence-electron chi connectivity index (χ1n) is 10.4. The van der Waals surface area contributed by atoms with E-state index in [1.165, 1.54) is 12.8 Å². The van der Waals surface area contributed by atoms with Crippen LogP contribution in [0.25, 0.3) is 32.0 Å². The highest BCUT2D eigenvalue weighted by Crippen LogP contribution is 2.45. The number of rotatable bonds is 6. The zero-order valence-electron chi connectivity index (χ0n) is 18.3. The Bertz CT molecular complexity index is 1010. The van der Waals surface area contributed by atoms with Crippen LogP contribution < -0.4 is 5.73 Å². The lowest BCUT2D eigenvalue weighted by molar-refractivity contribution is 0.897. The van der Waals surface area contributed by atoms with Gasteiger partial charge in [0.25, 0.3) is 0 Å². The highest BCUT2D eigenvalue weighted by Gasteiger charge is 2.18. The van der Waals surface area contributed by atoms with Gasteiger partial charge >= 0.3 is 0 Å². The van der Waals surface area contributed by atoms with Crippen LogP contribution in [0.3, 0.4) is 0 Å². The molecule has 7 heteroatoms. The quantitative estimate of drug-likeness (QED) is 0.234. The summed E-state index contributed by atoms with van der Waals surface area (Å²) < 4.78 is 1.15. The van der Waals surface area contributed by atoms with E-state index in [9.17, 15) is 0 Å². The molecule has 4 rings (SSSR count). The third kappa shape index (κ3) is 5.59. The number of nitrogen functional groups attached to an aromatic ring is 1. The third-order valence-corrected chi connectivity index (χ3v) is 7.29. The first kappa shape index (κ1) is 24.3. The normalized spacial score (nSPS) is 10.2. The molecule has 0 unspecified atom stereocenters. The van der Waals surface area contributed by atoms with Gasteiger partial charge in [-0.05, 0) is 29.9 Å². The van der Waals surface area contributed by atoms with Crippen LogP contribution in [-0.4, -0.2) is 20.7 Å². The van der Waals surface area contributed by atoms with Crippen LogP contribution in [0.15, 0.2) is 46.4 Å². The maximum absolute atomic E-state index is 6.54. The third-order valence-electron chi connectivity index (χ3n) is 4.02. The molecule has 4 aromatic heterocycles. The molecule has 0 fully saturated rings. The van der Waals surface area contributed by atoms with Crippen molar-refractivity contribution in [2.75, 3.05) is 11.5 Å². The van der Waals surface area contributed by atoms with E-state index in [4.69, 9.17) is 10.7 Å². The van der Waals surface area contributed by atoms with Crippen molar-refractivity contribution in [1.29, 1.82) is 0 Å². The van der Waals surface area contributed by atoms with Gasteiger partial charge in [-0.15, -0.1) is 34.4 Å². The molecule has 0 radical (unpaired) electrons. The molecule has 0 saturated carbocycles. The maximum Gasteiger partial charge on any atom is 0.141 e. The number of thioether (sulfide) groups is 1. The smallest absolute Gasteiger partial charge is 0.141 e. The van der Waals surface area contributed by atoms with Gasteiger partial charge in [0.05, 0.1) is 9.90 Å². The van der Waals surface area contributed by atoms with Crippen LogP contribution in [0.5, 0.6) is 0 Å². The van der Waals surface area contributed by atoms with E-state index in [0.29, 0.717) is 0 Å². The minimum atomic E-state index is 0.836. The van der Waals surface area contributed by atoms with E-state index in [2.05, 4.69) is 29.0 Å². The maximum atomic E-state index is 6.54. The largest absolute Gasteiger partial charge is 0.397 e. The van der Waals surface area contributed by atoms with Crippen LogP contribution in [0.4, 0.5) is 5.69 Å². The molecule has 0 atom stereocenters. The summed E-state index contributed by atoms with van der Waals surface area (Å²) in [6, 6.07) is 6.10. The van der Waals surface area contributed by atoms with Crippen LogP contribution in [0, 0.1) is 0 Å². The van der Waals surface area contributed by atoms with Gasteiger partial charge in [0.1, 0.15) is 15.5 Å². The van der Waals surface area contributed by atoms with Crippen molar-refractivity contribution in [3.63, 3.8) is 0 Å². The molecule has 0 spiro atoms. The van der Waals surface area contributed by atoms with Crippen molar-refractivity contribution in [3.8, 4) is 21.8 Å². The van der Waals surface area contributed by atoms with Crippen LogP contribution in [0.1, 0.15) is 47.5 Å². The van der Waals surface area contributed by atoms with Gasteiger partial charge in [0, 0.05) is 34.9 Å². The van der Waals surface area contributed by atoms with Gasteiger partial charge < -0.3 is 5.73 Å². The Morgan fingerprint density at radius 1 is 1.13 bits per heavy atom. The minimum absolute atomic E-state index is 0.836. The number of unbranched alkanes of at least 4 members (excludes halogenated alkanes) is 1.